The monoisotopic (exact) mass is 435 g/mol. The van der Waals surface area contributed by atoms with Crippen molar-refractivity contribution in [1.82, 2.24) is 16.0 Å². The summed E-state index contributed by atoms with van der Waals surface area (Å²) in [5, 5.41) is 17.2. The Balaban J connectivity index is 1.58. The molecule has 29 heavy (non-hydrogen) atoms. The predicted octanol–water partition coefficient (Wildman–Crippen LogP) is 3.16. The van der Waals surface area contributed by atoms with Crippen LogP contribution in [0.5, 0.6) is 0 Å². The maximum Gasteiger partial charge on any atom is 0.328 e. The molecule has 0 aliphatic heterocycles. The third-order valence-corrected chi connectivity index (χ3v) is 5.33. The number of carbonyl (C=O) groups is 3. The summed E-state index contributed by atoms with van der Waals surface area (Å²) >= 11 is 12.0. The molecule has 0 unspecified atom stereocenters. The minimum atomic E-state index is -1.35. The average Bonchev–Trinajstić information content (AvgIpc) is 3.07. The molecule has 2 atom stereocenters. The maximum absolute atomic E-state index is 12.4. The van der Waals surface area contributed by atoms with Crippen molar-refractivity contribution < 1.29 is 19.5 Å². The molecule has 0 aromatic heterocycles. The van der Waals surface area contributed by atoms with E-state index in [1.165, 1.54) is 17.7 Å². The highest BCUT2D eigenvalue weighted by molar-refractivity contribution is 6.39. The van der Waals surface area contributed by atoms with Gasteiger partial charge in [-0.3, -0.25) is 4.79 Å². The second-order valence-corrected chi connectivity index (χ2v) is 7.42. The minimum Gasteiger partial charge on any atom is -0.480 e. The molecular weight excluding hydrogens is 417 g/mol. The van der Waals surface area contributed by atoms with Gasteiger partial charge >= 0.3 is 12.0 Å². The summed E-state index contributed by atoms with van der Waals surface area (Å²) in [7, 11) is 0. The van der Waals surface area contributed by atoms with Gasteiger partial charge in [0.2, 0.25) is 0 Å². The van der Waals surface area contributed by atoms with Gasteiger partial charge in [0.25, 0.3) is 5.91 Å². The molecule has 4 N–H and O–H groups in total. The lowest BCUT2D eigenvalue weighted by Crippen LogP contribution is -2.50. The lowest BCUT2D eigenvalue weighted by Gasteiger charge is -2.18. The summed E-state index contributed by atoms with van der Waals surface area (Å²) in [4.78, 5) is 36.1. The molecule has 0 saturated heterocycles. The van der Waals surface area contributed by atoms with E-state index >= 15 is 0 Å². The standard InChI is InChI=1S/C20H19Cl2N3O4/c21-13-6-3-7-14(22)17(13)18(26)24-16(19(27)28)10-23-20(29)25-15-9-8-11-4-1-2-5-12(11)15/h1-7,15-16H,8-10H2,(H,24,26)(H,27,28)(H2,23,25,29)/t15-,16-/m0/s1. The van der Waals surface area contributed by atoms with E-state index in [2.05, 4.69) is 16.0 Å². The highest BCUT2D eigenvalue weighted by atomic mass is 35.5. The van der Waals surface area contributed by atoms with Crippen molar-refractivity contribution in [3.05, 3.63) is 69.2 Å². The highest BCUT2D eigenvalue weighted by Crippen LogP contribution is 2.30. The molecule has 9 heteroatoms. The van der Waals surface area contributed by atoms with Crippen LogP contribution in [0.25, 0.3) is 0 Å². The van der Waals surface area contributed by atoms with Crippen LogP contribution in [0.3, 0.4) is 0 Å². The molecule has 0 radical (unpaired) electrons. The molecule has 0 bridgehead atoms. The van der Waals surface area contributed by atoms with E-state index in [0.717, 1.165) is 18.4 Å². The third-order valence-electron chi connectivity index (χ3n) is 4.70. The Hall–Kier alpha value is -2.77. The van der Waals surface area contributed by atoms with Crippen molar-refractivity contribution in [3.63, 3.8) is 0 Å². The van der Waals surface area contributed by atoms with Gasteiger partial charge in [-0.1, -0.05) is 53.5 Å². The molecule has 2 aromatic carbocycles. The minimum absolute atomic E-state index is 0.0194. The van der Waals surface area contributed by atoms with Crippen LogP contribution in [0.2, 0.25) is 10.0 Å². The van der Waals surface area contributed by atoms with E-state index in [1.807, 2.05) is 24.3 Å². The van der Waals surface area contributed by atoms with Gasteiger partial charge in [-0.2, -0.15) is 0 Å². The first-order valence-electron chi connectivity index (χ1n) is 8.96. The number of urea groups is 1. The predicted molar refractivity (Wildman–Crippen MR) is 109 cm³/mol. The van der Waals surface area contributed by atoms with Gasteiger partial charge in [0, 0.05) is 0 Å². The first-order valence-corrected chi connectivity index (χ1v) is 9.72. The zero-order valence-electron chi connectivity index (χ0n) is 15.2. The largest absolute Gasteiger partial charge is 0.480 e. The van der Waals surface area contributed by atoms with Crippen LogP contribution >= 0.6 is 23.2 Å². The molecule has 0 heterocycles. The average molecular weight is 436 g/mol. The highest BCUT2D eigenvalue weighted by Gasteiger charge is 2.26. The normalized spacial score (nSPS) is 15.9. The molecular formula is C20H19Cl2N3O4. The summed E-state index contributed by atoms with van der Waals surface area (Å²) in [6.45, 7) is -0.302. The zero-order chi connectivity index (χ0) is 21.0. The first-order chi connectivity index (χ1) is 13.9. The number of hydrogen-bond acceptors (Lipinski definition) is 3. The number of aliphatic carboxylic acids is 1. The van der Waals surface area contributed by atoms with E-state index in [9.17, 15) is 19.5 Å². The molecule has 0 saturated carbocycles. The van der Waals surface area contributed by atoms with Crippen LogP contribution in [-0.4, -0.2) is 35.6 Å². The molecule has 1 aliphatic rings. The van der Waals surface area contributed by atoms with Crippen LogP contribution in [0.4, 0.5) is 4.79 Å². The third kappa shape index (κ3) is 4.99. The summed E-state index contributed by atoms with van der Waals surface area (Å²) in [6.07, 6.45) is 1.64. The Bertz CT molecular complexity index is 931. The Labute approximate surface area is 177 Å². The molecule has 2 aromatic rings. The first kappa shape index (κ1) is 21.0. The van der Waals surface area contributed by atoms with Crippen LogP contribution in [0.1, 0.15) is 33.9 Å². The second kappa shape index (κ2) is 9.15. The summed E-state index contributed by atoms with van der Waals surface area (Å²) in [6, 6.07) is 10.4. The van der Waals surface area contributed by atoms with Crippen molar-refractivity contribution in [2.45, 2.75) is 24.9 Å². The quantitative estimate of drug-likeness (QED) is 0.558. The van der Waals surface area contributed by atoms with Crippen LogP contribution < -0.4 is 16.0 Å². The number of rotatable bonds is 6. The summed E-state index contributed by atoms with van der Waals surface area (Å²) in [5.74, 6) is -2.03. The molecule has 7 nitrogen and oxygen atoms in total. The summed E-state index contributed by atoms with van der Waals surface area (Å²) in [5.41, 5.74) is 2.22. The number of carbonyl (C=O) groups excluding carboxylic acids is 2. The SMILES string of the molecule is O=C(NC[C@H](NC(=O)c1c(Cl)cccc1Cl)C(=O)O)N[C@H]1CCc2ccccc21. The molecule has 0 fully saturated rings. The lowest BCUT2D eigenvalue weighted by molar-refractivity contribution is -0.139. The Kier molecular flexibility index (Phi) is 6.61. The van der Waals surface area contributed by atoms with Crippen molar-refractivity contribution in [1.29, 1.82) is 0 Å². The van der Waals surface area contributed by atoms with Gasteiger partial charge in [-0.15, -0.1) is 0 Å². The van der Waals surface area contributed by atoms with Gasteiger partial charge in [0.05, 0.1) is 28.2 Å². The van der Waals surface area contributed by atoms with Gasteiger partial charge in [0.1, 0.15) is 6.04 Å². The van der Waals surface area contributed by atoms with Crippen LogP contribution in [-0.2, 0) is 11.2 Å². The number of fused-ring (bicyclic) bond motifs is 1. The molecule has 3 amide bonds. The fourth-order valence-electron chi connectivity index (χ4n) is 3.26. The number of halogens is 2. The number of aryl methyl sites for hydroxylation is 1. The molecule has 3 rings (SSSR count). The van der Waals surface area contributed by atoms with Crippen LogP contribution in [0, 0.1) is 0 Å². The van der Waals surface area contributed by atoms with Crippen molar-refractivity contribution in [3.8, 4) is 0 Å². The number of nitrogens with one attached hydrogen (secondary N) is 3. The topological polar surface area (TPSA) is 108 Å². The van der Waals surface area contributed by atoms with E-state index in [-0.39, 0.29) is 28.2 Å². The van der Waals surface area contributed by atoms with Crippen molar-refractivity contribution in [2.75, 3.05) is 6.54 Å². The van der Waals surface area contributed by atoms with Gasteiger partial charge in [-0.25, -0.2) is 9.59 Å². The Morgan fingerprint density at radius 3 is 2.45 bits per heavy atom. The van der Waals surface area contributed by atoms with E-state index in [1.54, 1.807) is 6.07 Å². The van der Waals surface area contributed by atoms with Crippen LogP contribution in [0.15, 0.2) is 42.5 Å². The second-order valence-electron chi connectivity index (χ2n) is 6.61. The van der Waals surface area contributed by atoms with Gasteiger partial charge in [0.15, 0.2) is 0 Å². The molecule has 0 spiro atoms. The molecule has 1 aliphatic carbocycles. The Morgan fingerprint density at radius 1 is 1.07 bits per heavy atom. The van der Waals surface area contributed by atoms with E-state index < -0.39 is 23.9 Å². The van der Waals surface area contributed by atoms with E-state index in [0.29, 0.717) is 0 Å². The zero-order valence-corrected chi connectivity index (χ0v) is 16.8. The fraction of sp³-hybridized carbons (Fsp3) is 0.250. The van der Waals surface area contributed by atoms with Gasteiger partial charge in [-0.05, 0) is 36.1 Å². The maximum atomic E-state index is 12.4. The van der Waals surface area contributed by atoms with Crippen molar-refractivity contribution in [2.24, 2.45) is 0 Å². The van der Waals surface area contributed by atoms with E-state index in [4.69, 9.17) is 23.2 Å². The van der Waals surface area contributed by atoms with Crippen molar-refractivity contribution >= 4 is 41.1 Å². The number of hydrogen-bond donors (Lipinski definition) is 4. The lowest BCUT2D eigenvalue weighted by atomic mass is 10.1. The number of carboxylic acid groups (broad SMARTS) is 1. The van der Waals surface area contributed by atoms with Gasteiger partial charge < -0.3 is 21.1 Å². The molecule has 152 valence electrons. The fourth-order valence-corrected chi connectivity index (χ4v) is 3.83. The number of benzene rings is 2. The Morgan fingerprint density at radius 2 is 1.76 bits per heavy atom. The number of amides is 3. The number of carboxylic acids is 1. The summed E-state index contributed by atoms with van der Waals surface area (Å²) < 4.78 is 0. The smallest absolute Gasteiger partial charge is 0.328 e.